The summed E-state index contributed by atoms with van der Waals surface area (Å²) in [7, 11) is 0. The van der Waals surface area contributed by atoms with E-state index in [1.54, 1.807) is 19.9 Å². The second-order valence-electron chi connectivity index (χ2n) is 2.41. The third kappa shape index (κ3) is 1.23. The Kier molecular flexibility index (Phi) is 1.83. The van der Waals surface area contributed by atoms with Gasteiger partial charge in [-0.05, 0) is 19.4 Å². The van der Waals surface area contributed by atoms with Crippen LogP contribution in [0.4, 0.5) is 8.78 Å². The molecule has 0 saturated carbocycles. The van der Waals surface area contributed by atoms with E-state index in [0.717, 1.165) is 0 Å². The van der Waals surface area contributed by atoms with Crippen molar-refractivity contribution in [3.8, 4) is 0 Å². The highest BCUT2D eigenvalue weighted by Crippen LogP contribution is 2.16. The van der Waals surface area contributed by atoms with E-state index in [9.17, 15) is 8.78 Å². The first-order valence-electron chi connectivity index (χ1n) is 3.16. The lowest BCUT2D eigenvalue weighted by Crippen LogP contribution is -2.08. The van der Waals surface area contributed by atoms with Crippen LogP contribution in [0.15, 0.2) is 16.6 Å². The van der Waals surface area contributed by atoms with Crippen LogP contribution in [-0.4, -0.2) is 18.2 Å². The highest BCUT2D eigenvalue weighted by Gasteiger charge is 2.20. The Labute approximate surface area is 58.5 Å². The van der Waals surface area contributed by atoms with Crippen molar-refractivity contribution in [1.82, 2.24) is 0 Å². The largest absolute Gasteiger partial charge is 0.280 e. The minimum atomic E-state index is -2.42. The fourth-order valence-electron chi connectivity index (χ4n) is 1.03. The van der Waals surface area contributed by atoms with Crippen molar-refractivity contribution in [3.63, 3.8) is 0 Å². The lowest BCUT2D eigenvalue weighted by atomic mass is 10.2. The van der Waals surface area contributed by atoms with E-state index in [0.29, 0.717) is 5.57 Å². The van der Waals surface area contributed by atoms with Gasteiger partial charge in [0.05, 0.1) is 6.04 Å². The van der Waals surface area contributed by atoms with Crippen LogP contribution in [-0.2, 0) is 0 Å². The molecule has 0 N–H and O–H groups in total. The number of nitrogens with zero attached hydrogens (tertiary/aromatic N) is 1. The minimum Gasteiger partial charge on any atom is -0.276 e. The number of aliphatic imine (C=N–C) groups is 1. The normalized spacial score (nSPS) is 25.1. The fraction of sp³-hybridized carbons (Fsp3) is 0.571. The maximum Gasteiger partial charge on any atom is 0.280 e. The van der Waals surface area contributed by atoms with Crippen LogP contribution in [0.5, 0.6) is 0 Å². The number of hydrogen-bond donors (Lipinski definition) is 0. The molecule has 0 aromatic heterocycles. The van der Waals surface area contributed by atoms with E-state index in [-0.39, 0.29) is 11.8 Å². The van der Waals surface area contributed by atoms with Gasteiger partial charge in [-0.25, -0.2) is 8.78 Å². The Morgan fingerprint density at radius 3 is 2.40 bits per heavy atom. The molecule has 1 rings (SSSR count). The van der Waals surface area contributed by atoms with Crippen LogP contribution in [0.3, 0.4) is 0 Å². The molecule has 0 unspecified atom stereocenters. The molecule has 1 heterocycles. The van der Waals surface area contributed by atoms with E-state index < -0.39 is 6.43 Å². The van der Waals surface area contributed by atoms with Gasteiger partial charge in [0, 0.05) is 0 Å². The van der Waals surface area contributed by atoms with Crippen molar-refractivity contribution < 1.29 is 8.78 Å². The van der Waals surface area contributed by atoms with Gasteiger partial charge in [0.15, 0.2) is 0 Å². The Morgan fingerprint density at radius 1 is 1.60 bits per heavy atom. The second-order valence-corrected chi connectivity index (χ2v) is 2.41. The molecular weight excluding hydrogens is 136 g/mol. The summed E-state index contributed by atoms with van der Waals surface area (Å²) >= 11 is 0. The zero-order chi connectivity index (χ0) is 7.72. The quantitative estimate of drug-likeness (QED) is 0.535. The Hall–Kier alpha value is -0.730. The summed E-state index contributed by atoms with van der Waals surface area (Å²) in [4.78, 5) is 3.74. The van der Waals surface area contributed by atoms with E-state index >= 15 is 0 Å². The molecule has 10 heavy (non-hydrogen) atoms. The first-order chi connectivity index (χ1) is 4.61. The Bertz CT molecular complexity index is 194. The van der Waals surface area contributed by atoms with E-state index in [4.69, 9.17) is 0 Å². The monoisotopic (exact) mass is 145 g/mol. The SMILES string of the molecule is CC1=C[C@@H](C)N=C1C(F)F. The molecule has 1 aliphatic rings. The Balaban J connectivity index is 2.80. The molecule has 0 bridgehead atoms. The zero-order valence-electron chi connectivity index (χ0n) is 5.94. The third-order valence-corrected chi connectivity index (χ3v) is 1.44. The van der Waals surface area contributed by atoms with Gasteiger partial charge in [0.25, 0.3) is 6.43 Å². The van der Waals surface area contributed by atoms with Crippen molar-refractivity contribution in [2.75, 3.05) is 0 Å². The summed E-state index contributed by atoms with van der Waals surface area (Å²) in [5, 5.41) is 0. The highest BCUT2D eigenvalue weighted by atomic mass is 19.3. The molecule has 0 saturated heterocycles. The summed E-state index contributed by atoms with van der Waals surface area (Å²) < 4.78 is 24.0. The molecular formula is C7H9F2N. The van der Waals surface area contributed by atoms with Gasteiger partial charge in [0.2, 0.25) is 0 Å². The van der Waals surface area contributed by atoms with Crippen molar-refractivity contribution >= 4 is 5.71 Å². The summed E-state index contributed by atoms with van der Waals surface area (Å²) in [6.07, 6.45) is -0.678. The van der Waals surface area contributed by atoms with Crippen LogP contribution in [0.2, 0.25) is 0 Å². The predicted octanol–water partition coefficient (Wildman–Crippen LogP) is 2.04. The molecule has 3 heteroatoms. The highest BCUT2D eigenvalue weighted by molar-refractivity contribution is 6.03. The van der Waals surface area contributed by atoms with Crippen molar-refractivity contribution in [3.05, 3.63) is 11.6 Å². The predicted molar refractivity (Wildman–Crippen MR) is 36.7 cm³/mol. The van der Waals surface area contributed by atoms with Crippen molar-refractivity contribution in [2.24, 2.45) is 4.99 Å². The van der Waals surface area contributed by atoms with Crippen molar-refractivity contribution in [2.45, 2.75) is 26.3 Å². The average Bonchev–Trinajstić information content (AvgIpc) is 2.10. The molecule has 1 atom stereocenters. The molecule has 0 radical (unpaired) electrons. The van der Waals surface area contributed by atoms with Crippen LogP contribution < -0.4 is 0 Å². The molecule has 56 valence electrons. The van der Waals surface area contributed by atoms with E-state index in [1.807, 2.05) is 0 Å². The van der Waals surface area contributed by atoms with Gasteiger partial charge in [-0.15, -0.1) is 0 Å². The van der Waals surface area contributed by atoms with E-state index in [2.05, 4.69) is 4.99 Å². The lowest BCUT2D eigenvalue weighted by molar-refractivity contribution is 0.226. The van der Waals surface area contributed by atoms with Crippen LogP contribution >= 0.6 is 0 Å². The van der Waals surface area contributed by atoms with Gasteiger partial charge < -0.3 is 0 Å². The van der Waals surface area contributed by atoms with Gasteiger partial charge in [-0.1, -0.05) is 6.08 Å². The molecule has 0 spiro atoms. The number of allylic oxidation sites excluding steroid dienone is 1. The van der Waals surface area contributed by atoms with Crippen molar-refractivity contribution in [1.29, 1.82) is 0 Å². The molecule has 0 aromatic rings. The molecule has 0 aromatic carbocycles. The summed E-state index contributed by atoms with van der Waals surface area (Å²) in [6, 6.07) is -0.0657. The standard InChI is InChI=1S/C7H9F2N/c1-4-3-5(2)10-6(4)7(8)9/h3,5,7H,1-2H3/t5-/m1/s1. The summed E-state index contributed by atoms with van der Waals surface area (Å²) in [5.41, 5.74) is 0.565. The van der Waals surface area contributed by atoms with Gasteiger partial charge in [-0.3, -0.25) is 4.99 Å². The first kappa shape index (κ1) is 7.38. The maximum atomic E-state index is 12.0. The average molecular weight is 145 g/mol. The molecule has 0 fully saturated rings. The number of hydrogen-bond acceptors (Lipinski definition) is 1. The first-order valence-corrected chi connectivity index (χ1v) is 3.16. The smallest absolute Gasteiger partial charge is 0.276 e. The van der Waals surface area contributed by atoms with Gasteiger partial charge in [-0.2, -0.15) is 0 Å². The number of alkyl halides is 2. The minimum absolute atomic E-state index is 0.0486. The number of rotatable bonds is 1. The lowest BCUT2D eigenvalue weighted by Gasteiger charge is -1.97. The summed E-state index contributed by atoms with van der Waals surface area (Å²) in [5.74, 6) is 0. The topological polar surface area (TPSA) is 12.4 Å². The summed E-state index contributed by atoms with van der Waals surface area (Å²) in [6.45, 7) is 3.45. The van der Waals surface area contributed by atoms with E-state index in [1.165, 1.54) is 0 Å². The van der Waals surface area contributed by atoms with Gasteiger partial charge in [0.1, 0.15) is 5.71 Å². The zero-order valence-corrected chi connectivity index (χ0v) is 5.94. The van der Waals surface area contributed by atoms with Crippen LogP contribution in [0.1, 0.15) is 13.8 Å². The molecule has 0 aliphatic carbocycles. The second kappa shape index (κ2) is 2.48. The molecule has 0 amide bonds. The number of halogens is 2. The van der Waals surface area contributed by atoms with Crippen LogP contribution in [0, 0.1) is 0 Å². The maximum absolute atomic E-state index is 12.0. The third-order valence-electron chi connectivity index (χ3n) is 1.44. The molecule has 1 aliphatic heterocycles. The van der Waals surface area contributed by atoms with Gasteiger partial charge >= 0.3 is 0 Å². The van der Waals surface area contributed by atoms with Crippen LogP contribution in [0.25, 0.3) is 0 Å². The molecule has 1 nitrogen and oxygen atoms in total. The fourth-order valence-corrected chi connectivity index (χ4v) is 1.03. The Morgan fingerprint density at radius 2 is 2.20 bits per heavy atom.